The largest absolute Gasteiger partial charge is 0.465 e. The van der Waals surface area contributed by atoms with Crippen LogP contribution < -0.4 is 0 Å². The molecular formula is C15H18FNO2. The Balaban J connectivity index is 1.86. The number of nitrogens with zero attached hydrogens (tertiary/aromatic N) is 1. The Bertz CT molecular complexity index is 495. The Morgan fingerprint density at radius 3 is 2.63 bits per heavy atom. The van der Waals surface area contributed by atoms with Crippen molar-refractivity contribution in [2.75, 3.05) is 20.2 Å². The van der Waals surface area contributed by atoms with Crippen molar-refractivity contribution in [3.63, 3.8) is 0 Å². The number of fused-ring (bicyclic) bond motifs is 3. The molecule has 0 radical (unpaired) electrons. The van der Waals surface area contributed by atoms with Gasteiger partial charge in [0.1, 0.15) is 5.82 Å². The third-order valence-corrected chi connectivity index (χ3v) is 4.43. The van der Waals surface area contributed by atoms with Crippen molar-refractivity contribution in [2.45, 2.75) is 25.3 Å². The molecule has 3 aliphatic heterocycles. The number of hydrogen-bond donors (Lipinski definition) is 0. The molecule has 0 N–H and O–H groups in total. The summed E-state index contributed by atoms with van der Waals surface area (Å²) in [6.45, 7) is 2.21. The molecule has 0 saturated carbocycles. The van der Waals surface area contributed by atoms with Crippen LogP contribution in [-0.2, 0) is 4.74 Å². The number of piperidine rings is 3. The molecule has 3 nitrogen and oxygen atoms in total. The lowest BCUT2D eigenvalue weighted by molar-refractivity contribution is 0.0487. The fourth-order valence-electron chi connectivity index (χ4n) is 3.33. The van der Waals surface area contributed by atoms with Crippen LogP contribution in [0.1, 0.15) is 41.2 Å². The molecule has 0 aromatic heterocycles. The third-order valence-electron chi connectivity index (χ3n) is 4.43. The van der Waals surface area contributed by atoms with Gasteiger partial charge < -0.3 is 4.74 Å². The lowest BCUT2D eigenvalue weighted by Gasteiger charge is -2.45. The average Bonchev–Trinajstić information content (AvgIpc) is 2.47. The number of carbonyl (C=O) groups excluding carboxylic acids is 1. The van der Waals surface area contributed by atoms with E-state index in [1.165, 1.54) is 26.0 Å². The number of carbonyl (C=O) groups is 1. The summed E-state index contributed by atoms with van der Waals surface area (Å²) in [7, 11) is 1.27. The van der Waals surface area contributed by atoms with E-state index in [-0.39, 0.29) is 5.56 Å². The SMILES string of the molecule is COC(=O)c1ccc(C2CC3CCN2CC3)cc1F. The minimum atomic E-state index is -0.616. The highest BCUT2D eigenvalue weighted by atomic mass is 19.1. The Labute approximate surface area is 112 Å². The maximum absolute atomic E-state index is 14.0. The van der Waals surface area contributed by atoms with E-state index < -0.39 is 11.8 Å². The standard InChI is InChI=1S/C15H18FNO2/c1-19-15(18)12-3-2-11(9-13(12)16)14-8-10-4-6-17(14)7-5-10/h2-3,9-10,14H,4-8H2,1H3. The molecule has 1 atom stereocenters. The van der Waals surface area contributed by atoms with E-state index in [2.05, 4.69) is 9.64 Å². The molecule has 3 saturated heterocycles. The lowest BCUT2D eigenvalue weighted by Crippen LogP contribution is -2.43. The summed E-state index contributed by atoms with van der Waals surface area (Å²) in [6.07, 6.45) is 3.63. The van der Waals surface area contributed by atoms with Crippen molar-refractivity contribution in [3.8, 4) is 0 Å². The predicted octanol–water partition coefficient (Wildman–Crippen LogP) is 2.77. The maximum atomic E-state index is 14.0. The summed E-state index contributed by atoms with van der Waals surface area (Å²) < 4.78 is 18.5. The normalized spacial score (nSPS) is 29.3. The molecule has 1 aromatic rings. The Morgan fingerprint density at radius 1 is 1.37 bits per heavy atom. The van der Waals surface area contributed by atoms with Gasteiger partial charge in [0, 0.05) is 6.04 Å². The highest BCUT2D eigenvalue weighted by molar-refractivity contribution is 5.89. The summed E-state index contributed by atoms with van der Waals surface area (Å²) in [5, 5.41) is 0. The molecule has 0 amide bonds. The number of esters is 1. The van der Waals surface area contributed by atoms with Gasteiger partial charge in [0.15, 0.2) is 0 Å². The van der Waals surface area contributed by atoms with E-state index in [0.717, 1.165) is 31.0 Å². The number of ether oxygens (including phenoxy) is 1. The second-order valence-corrected chi connectivity index (χ2v) is 5.46. The smallest absolute Gasteiger partial charge is 0.340 e. The molecular weight excluding hydrogens is 245 g/mol. The molecule has 0 aliphatic carbocycles. The van der Waals surface area contributed by atoms with Gasteiger partial charge in [0.25, 0.3) is 0 Å². The number of hydrogen-bond acceptors (Lipinski definition) is 3. The molecule has 2 bridgehead atoms. The Morgan fingerprint density at radius 2 is 2.11 bits per heavy atom. The van der Waals surface area contributed by atoms with Gasteiger partial charge in [-0.05, 0) is 56.0 Å². The predicted molar refractivity (Wildman–Crippen MR) is 69.4 cm³/mol. The van der Waals surface area contributed by atoms with Crippen LogP contribution in [0.15, 0.2) is 18.2 Å². The van der Waals surface area contributed by atoms with E-state index >= 15 is 0 Å². The first-order valence-corrected chi connectivity index (χ1v) is 6.81. The number of halogens is 1. The summed E-state index contributed by atoms with van der Waals surface area (Å²) in [5.74, 6) is -0.320. The van der Waals surface area contributed by atoms with Crippen LogP contribution in [0.5, 0.6) is 0 Å². The summed E-state index contributed by atoms with van der Waals surface area (Å²) in [4.78, 5) is 13.8. The van der Waals surface area contributed by atoms with E-state index in [4.69, 9.17) is 0 Å². The fraction of sp³-hybridized carbons (Fsp3) is 0.533. The van der Waals surface area contributed by atoms with Crippen LogP contribution in [0, 0.1) is 11.7 Å². The van der Waals surface area contributed by atoms with Crippen molar-refractivity contribution in [2.24, 2.45) is 5.92 Å². The Hall–Kier alpha value is -1.42. The van der Waals surface area contributed by atoms with Gasteiger partial charge in [-0.2, -0.15) is 0 Å². The second-order valence-electron chi connectivity index (χ2n) is 5.46. The van der Waals surface area contributed by atoms with Gasteiger partial charge in [0.2, 0.25) is 0 Å². The van der Waals surface area contributed by atoms with Gasteiger partial charge in [-0.1, -0.05) is 6.07 Å². The highest BCUT2D eigenvalue weighted by Gasteiger charge is 2.34. The van der Waals surface area contributed by atoms with Gasteiger partial charge >= 0.3 is 5.97 Å². The minimum Gasteiger partial charge on any atom is -0.465 e. The zero-order valence-electron chi connectivity index (χ0n) is 11.1. The molecule has 0 spiro atoms. The molecule has 102 valence electrons. The number of rotatable bonds is 2. The molecule has 19 heavy (non-hydrogen) atoms. The zero-order chi connectivity index (χ0) is 13.4. The molecule has 3 fully saturated rings. The quantitative estimate of drug-likeness (QED) is 0.768. The monoisotopic (exact) mass is 263 g/mol. The average molecular weight is 263 g/mol. The van der Waals surface area contributed by atoms with E-state index in [1.807, 2.05) is 6.07 Å². The third kappa shape index (κ3) is 2.25. The summed E-state index contributed by atoms with van der Waals surface area (Å²) >= 11 is 0. The minimum absolute atomic E-state index is 0.0159. The summed E-state index contributed by atoms with van der Waals surface area (Å²) in [5.41, 5.74) is 0.997. The molecule has 3 aliphatic rings. The fourth-order valence-corrected chi connectivity index (χ4v) is 3.33. The Kier molecular flexibility index (Phi) is 3.27. The van der Waals surface area contributed by atoms with Crippen LogP contribution in [-0.4, -0.2) is 31.1 Å². The lowest BCUT2D eigenvalue weighted by atomic mass is 9.80. The van der Waals surface area contributed by atoms with Crippen LogP contribution in [0.2, 0.25) is 0 Å². The van der Waals surface area contributed by atoms with Crippen molar-refractivity contribution in [3.05, 3.63) is 35.1 Å². The molecule has 3 heterocycles. The number of benzene rings is 1. The van der Waals surface area contributed by atoms with Crippen molar-refractivity contribution in [1.29, 1.82) is 0 Å². The van der Waals surface area contributed by atoms with E-state index in [9.17, 15) is 9.18 Å². The van der Waals surface area contributed by atoms with Crippen LogP contribution in [0.25, 0.3) is 0 Å². The van der Waals surface area contributed by atoms with Gasteiger partial charge in [0.05, 0.1) is 12.7 Å². The molecule has 4 heteroatoms. The van der Waals surface area contributed by atoms with Crippen LogP contribution in [0.4, 0.5) is 4.39 Å². The maximum Gasteiger partial charge on any atom is 0.340 e. The second kappa shape index (κ2) is 4.93. The number of methoxy groups -OCH3 is 1. The molecule has 1 aromatic carbocycles. The first kappa shape index (κ1) is 12.6. The van der Waals surface area contributed by atoms with Crippen molar-refractivity contribution >= 4 is 5.97 Å². The zero-order valence-corrected chi connectivity index (χ0v) is 11.1. The molecule has 4 rings (SSSR count). The topological polar surface area (TPSA) is 29.5 Å². The van der Waals surface area contributed by atoms with Gasteiger partial charge in [-0.15, -0.1) is 0 Å². The van der Waals surface area contributed by atoms with Crippen LogP contribution >= 0.6 is 0 Å². The van der Waals surface area contributed by atoms with E-state index in [0.29, 0.717) is 6.04 Å². The van der Waals surface area contributed by atoms with E-state index in [1.54, 1.807) is 6.07 Å². The highest BCUT2D eigenvalue weighted by Crippen LogP contribution is 2.40. The molecule has 1 unspecified atom stereocenters. The van der Waals surface area contributed by atoms with Gasteiger partial charge in [-0.25, -0.2) is 9.18 Å². The van der Waals surface area contributed by atoms with Crippen molar-refractivity contribution < 1.29 is 13.9 Å². The first-order chi connectivity index (χ1) is 9.19. The van der Waals surface area contributed by atoms with Crippen molar-refractivity contribution in [1.82, 2.24) is 4.90 Å². The summed E-state index contributed by atoms with van der Waals surface area (Å²) in [6, 6.07) is 5.21. The first-order valence-electron chi connectivity index (χ1n) is 6.81. The van der Waals surface area contributed by atoms with Crippen LogP contribution in [0.3, 0.4) is 0 Å². The van der Waals surface area contributed by atoms with Gasteiger partial charge in [-0.3, -0.25) is 4.90 Å².